The van der Waals surface area contributed by atoms with Crippen LogP contribution in [0.3, 0.4) is 0 Å². The number of halogens is 2. The number of tetrazole rings is 1. The monoisotopic (exact) mass is 370 g/mol. The van der Waals surface area contributed by atoms with Crippen molar-refractivity contribution in [3.8, 4) is 11.4 Å². The molecule has 110 valence electrons. The predicted octanol–water partition coefficient (Wildman–Crippen LogP) is 3.01. The summed E-state index contributed by atoms with van der Waals surface area (Å²) in [6.45, 7) is 0.273. The minimum absolute atomic E-state index is 0.273. The van der Waals surface area contributed by atoms with Crippen molar-refractivity contribution in [1.82, 2.24) is 20.2 Å². The summed E-state index contributed by atoms with van der Waals surface area (Å²) < 4.78 is 2.36. The number of aliphatic carboxylic acids is 1. The van der Waals surface area contributed by atoms with Crippen molar-refractivity contribution in [2.24, 2.45) is 5.41 Å². The van der Waals surface area contributed by atoms with E-state index in [0.29, 0.717) is 23.7 Å². The molecule has 0 amide bonds. The largest absolute Gasteiger partial charge is 0.481 e. The number of benzene rings is 1. The molecule has 0 bridgehead atoms. The van der Waals surface area contributed by atoms with Crippen LogP contribution in [0, 0.1) is 5.41 Å². The number of aromatic nitrogens is 4. The van der Waals surface area contributed by atoms with Crippen LogP contribution in [0.1, 0.15) is 19.3 Å². The van der Waals surface area contributed by atoms with Crippen LogP contribution < -0.4 is 0 Å². The second-order valence-electron chi connectivity index (χ2n) is 5.26. The van der Waals surface area contributed by atoms with Gasteiger partial charge in [0.05, 0.1) is 12.0 Å². The van der Waals surface area contributed by atoms with Crippen LogP contribution in [0.5, 0.6) is 0 Å². The number of nitrogens with zero attached hydrogens (tertiary/aromatic N) is 4. The fraction of sp³-hybridized carbons (Fsp3) is 0.385. The van der Waals surface area contributed by atoms with Crippen molar-refractivity contribution in [1.29, 1.82) is 0 Å². The molecule has 0 aliphatic heterocycles. The first-order valence-electron chi connectivity index (χ1n) is 6.46. The number of carbonyl (C=O) groups is 1. The second kappa shape index (κ2) is 5.38. The molecule has 0 spiro atoms. The lowest BCUT2D eigenvalue weighted by Crippen LogP contribution is -2.42. The molecule has 1 heterocycles. The smallest absolute Gasteiger partial charge is 0.311 e. The van der Waals surface area contributed by atoms with Crippen LogP contribution in [0.25, 0.3) is 11.4 Å². The zero-order valence-electron chi connectivity index (χ0n) is 11.0. The van der Waals surface area contributed by atoms with E-state index in [4.69, 9.17) is 11.6 Å². The maximum Gasteiger partial charge on any atom is 0.311 e. The Hall–Kier alpha value is -1.47. The van der Waals surface area contributed by atoms with Gasteiger partial charge in [-0.05, 0) is 41.5 Å². The molecule has 21 heavy (non-hydrogen) atoms. The number of carboxylic acids is 1. The second-order valence-corrected chi connectivity index (χ2v) is 6.61. The number of carboxylic acid groups (broad SMARTS) is 1. The molecule has 1 aliphatic carbocycles. The average Bonchev–Trinajstić information content (AvgIpc) is 2.80. The lowest BCUT2D eigenvalue weighted by Gasteiger charge is -2.37. The average molecular weight is 372 g/mol. The fourth-order valence-electron chi connectivity index (χ4n) is 2.53. The van der Waals surface area contributed by atoms with Crippen molar-refractivity contribution < 1.29 is 9.90 Å². The highest BCUT2D eigenvalue weighted by atomic mass is 79.9. The first-order valence-corrected chi connectivity index (χ1v) is 7.63. The topological polar surface area (TPSA) is 80.9 Å². The van der Waals surface area contributed by atoms with Gasteiger partial charge in [0.25, 0.3) is 0 Å². The first-order chi connectivity index (χ1) is 10.00. The number of hydrogen-bond acceptors (Lipinski definition) is 4. The van der Waals surface area contributed by atoms with E-state index in [1.807, 2.05) is 6.07 Å². The van der Waals surface area contributed by atoms with E-state index in [0.717, 1.165) is 16.5 Å². The Bertz CT molecular complexity index is 679. The molecule has 1 N–H and O–H groups in total. The molecule has 3 rings (SSSR count). The summed E-state index contributed by atoms with van der Waals surface area (Å²) in [5, 5.41) is 21.6. The molecule has 1 aliphatic rings. The first kappa shape index (κ1) is 14.5. The summed E-state index contributed by atoms with van der Waals surface area (Å²) in [5.74, 6) is -0.270. The van der Waals surface area contributed by atoms with Crippen LogP contribution in [0.4, 0.5) is 0 Å². The maximum atomic E-state index is 11.5. The van der Waals surface area contributed by atoms with Gasteiger partial charge in [0.15, 0.2) is 5.82 Å². The van der Waals surface area contributed by atoms with Gasteiger partial charge >= 0.3 is 5.97 Å². The third-order valence-electron chi connectivity index (χ3n) is 3.87. The zero-order valence-corrected chi connectivity index (χ0v) is 13.3. The number of hydrogen-bond donors (Lipinski definition) is 1. The van der Waals surface area contributed by atoms with Gasteiger partial charge in [-0.3, -0.25) is 4.79 Å². The summed E-state index contributed by atoms with van der Waals surface area (Å²) >= 11 is 9.42. The van der Waals surface area contributed by atoms with Gasteiger partial charge in [0.2, 0.25) is 0 Å². The van der Waals surface area contributed by atoms with E-state index in [1.54, 1.807) is 16.8 Å². The normalized spacial score (nSPS) is 16.5. The Morgan fingerprint density at radius 2 is 2.19 bits per heavy atom. The summed E-state index contributed by atoms with van der Waals surface area (Å²) in [6, 6.07) is 5.37. The Kier molecular flexibility index (Phi) is 3.71. The molecular formula is C13H12BrClN4O2. The quantitative estimate of drug-likeness (QED) is 0.893. The third-order valence-corrected chi connectivity index (χ3v) is 4.55. The van der Waals surface area contributed by atoms with Crippen molar-refractivity contribution in [3.05, 3.63) is 27.7 Å². The molecule has 0 saturated heterocycles. The van der Waals surface area contributed by atoms with Crippen molar-refractivity contribution in [2.75, 3.05) is 0 Å². The fourth-order valence-corrected chi connectivity index (χ4v) is 3.39. The van der Waals surface area contributed by atoms with Gasteiger partial charge in [-0.2, -0.15) is 0 Å². The van der Waals surface area contributed by atoms with Gasteiger partial charge in [-0.15, -0.1) is 5.10 Å². The summed E-state index contributed by atoms with van der Waals surface area (Å²) in [5.41, 5.74) is -0.000769. The highest BCUT2D eigenvalue weighted by molar-refractivity contribution is 9.10. The van der Waals surface area contributed by atoms with Gasteiger partial charge in [0.1, 0.15) is 0 Å². The standard InChI is InChI=1S/C13H12BrClN4O2/c14-9-4-8(5-10(15)6-9)11-16-17-18-19(11)7-13(12(20)21)2-1-3-13/h4-6H,1-3,7H2,(H,20,21). The van der Waals surface area contributed by atoms with Gasteiger partial charge in [-0.25, -0.2) is 4.68 Å². The Morgan fingerprint density at radius 1 is 1.43 bits per heavy atom. The molecule has 2 aromatic rings. The van der Waals surface area contributed by atoms with Crippen molar-refractivity contribution >= 4 is 33.5 Å². The van der Waals surface area contributed by atoms with E-state index in [9.17, 15) is 9.90 Å². The van der Waals surface area contributed by atoms with Gasteiger partial charge < -0.3 is 5.11 Å². The molecule has 0 atom stereocenters. The lowest BCUT2D eigenvalue weighted by atomic mass is 9.69. The molecule has 6 nitrogen and oxygen atoms in total. The summed E-state index contributed by atoms with van der Waals surface area (Å²) in [7, 11) is 0. The lowest BCUT2D eigenvalue weighted by molar-refractivity contribution is -0.156. The van der Waals surface area contributed by atoms with E-state index in [2.05, 4.69) is 31.5 Å². The van der Waals surface area contributed by atoms with Gasteiger partial charge in [0, 0.05) is 15.1 Å². The Balaban J connectivity index is 1.96. The molecule has 0 radical (unpaired) electrons. The van der Waals surface area contributed by atoms with E-state index < -0.39 is 11.4 Å². The Labute approximate surface area is 134 Å². The van der Waals surface area contributed by atoms with Crippen LogP contribution in [-0.4, -0.2) is 31.3 Å². The third kappa shape index (κ3) is 2.67. The predicted molar refractivity (Wildman–Crippen MR) is 79.9 cm³/mol. The van der Waals surface area contributed by atoms with Crippen LogP contribution in [0.15, 0.2) is 22.7 Å². The SMILES string of the molecule is O=C(O)C1(Cn2nnnc2-c2cc(Cl)cc(Br)c2)CCC1. The highest BCUT2D eigenvalue weighted by Crippen LogP contribution is 2.43. The molecule has 0 unspecified atom stereocenters. The molecule has 1 aromatic heterocycles. The van der Waals surface area contributed by atoms with E-state index in [-0.39, 0.29) is 6.54 Å². The minimum Gasteiger partial charge on any atom is -0.481 e. The summed E-state index contributed by atoms with van der Waals surface area (Å²) in [6.07, 6.45) is 2.23. The zero-order chi connectivity index (χ0) is 15.0. The van der Waals surface area contributed by atoms with Crippen LogP contribution in [0.2, 0.25) is 5.02 Å². The Morgan fingerprint density at radius 3 is 2.76 bits per heavy atom. The molecule has 1 aromatic carbocycles. The summed E-state index contributed by atoms with van der Waals surface area (Å²) in [4.78, 5) is 11.5. The molecular weight excluding hydrogens is 360 g/mol. The van der Waals surface area contributed by atoms with E-state index in [1.165, 1.54) is 0 Å². The van der Waals surface area contributed by atoms with Crippen molar-refractivity contribution in [3.63, 3.8) is 0 Å². The van der Waals surface area contributed by atoms with E-state index >= 15 is 0 Å². The van der Waals surface area contributed by atoms with Crippen LogP contribution >= 0.6 is 27.5 Å². The van der Waals surface area contributed by atoms with Crippen molar-refractivity contribution in [2.45, 2.75) is 25.8 Å². The molecule has 8 heteroatoms. The maximum absolute atomic E-state index is 11.5. The minimum atomic E-state index is -0.789. The highest BCUT2D eigenvalue weighted by Gasteiger charge is 2.45. The van der Waals surface area contributed by atoms with Gasteiger partial charge in [-0.1, -0.05) is 34.0 Å². The molecule has 1 saturated carbocycles. The van der Waals surface area contributed by atoms with Crippen LogP contribution in [-0.2, 0) is 11.3 Å². The number of rotatable bonds is 4. The molecule has 1 fully saturated rings.